The van der Waals surface area contributed by atoms with Crippen molar-refractivity contribution in [3.8, 4) is 5.75 Å². The van der Waals surface area contributed by atoms with Crippen LogP contribution in [0.1, 0.15) is 48.9 Å². The van der Waals surface area contributed by atoms with E-state index in [1.165, 1.54) is 23.3 Å². The first-order valence-corrected chi connectivity index (χ1v) is 11.2. The van der Waals surface area contributed by atoms with Crippen LogP contribution < -0.4 is 10.1 Å². The Morgan fingerprint density at radius 2 is 1.50 bits per heavy atom. The molecule has 0 aliphatic carbocycles. The first-order valence-electron chi connectivity index (χ1n) is 11.2. The van der Waals surface area contributed by atoms with E-state index in [0.717, 1.165) is 24.1 Å². The SMILES string of the molecule is Cc1ccc(CC(c2ccccc2)C(C)NC(=O)C(C)(C)Oc2ccc(C(F)(F)F)cc2)cc1. The van der Waals surface area contributed by atoms with Gasteiger partial charge in [-0.1, -0.05) is 60.2 Å². The predicted octanol–water partition coefficient (Wildman–Crippen LogP) is 6.70. The number of hydrogen-bond donors (Lipinski definition) is 1. The van der Waals surface area contributed by atoms with E-state index in [-0.39, 0.29) is 23.6 Å². The first kappa shape index (κ1) is 25.3. The molecule has 1 amide bonds. The summed E-state index contributed by atoms with van der Waals surface area (Å²) in [5.41, 5.74) is 1.42. The number of amides is 1. The Balaban J connectivity index is 1.73. The Morgan fingerprint density at radius 3 is 2.06 bits per heavy atom. The summed E-state index contributed by atoms with van der Waals surface area (Å²) in [7, 11) is 0. The van der Waals surface area contributed by atoms with Gasteiger partial charge in [0.2, 0.25) is 0 Å². The molecule has 2 unspecified atom stereocenters. The number of nitrogens with one attached hydrogen (secondary N) is 1. The molecule has 3 aromatic rings. The zero-order valence-corrected chi connectivity index (χ0v) is 19.8. The van der Waals surface area contributed by atoms with Gasteiger partial charge in [0.05, 0.1) is 5.56 Å². The van der Waals surface area contributed by atoms with E-state index in [0.29, 0.717) is 0 Å². The van der Waals surface area contributed by atoms with Gasteiger partial charge >= 0.3 is 6.18 Å². The van der Waals surface area contributed by atoms with Gasteiger partial charge in [0, 0.05) is 12.0 Å². The van der Waals surface area contributed by atoms with Crippen LogP contribution >= 0.6 is 0 Å². The summed E-state index contributed by atoms with van der Waals surface area (Å²) in [6.45, 7) is 7.20. The molecule has 0 fully saturated rings. The van der Waals surface area contributed by atoms with Crippen LogP contribution in [0.25, 0.3) is 0 Å². The van der Waals surface area contributed by atoms with Crippen LogP contribution in [0.5, 0.6) is 5.75 Å². The third-order valence-electron chi connectivity index (χ3n) is 5.87. The number of aryl methyl sites for hydroxylation is 1. The van der Waals surface area contributed by atoms with Crippen molar-refractivity contribution in [2.24, 2.45) is 0 Å². The summed E-state index contributed by atoms with van der Waals surface area (Å²) in [4.78, 5) is 13.1. The molecule has 180 valence electrons. The average Bonchev–Trinajstić information content (AvgIpc) is 2.78. The summed E-state index contributed by atoms with van der Waals surface area (Å²) in [6.07, 6.45) is -3.68. The van der Waals surface area contributed by atoms with Gasteiger partial charge in [0.15, 0.2) is 5.60 Å². The second kappa shape index (κ2) is 10.3. The monoisotopic (exact) mass is 469 g/mol. The smallest absolute Gasteiger partial charge is 0.416 e. The molecular weight excluding hydrogens is 439 g/mol. The van der Waals surface area contributed by atoms with Gasteiger partial charge in [0.25, 0.3) is 5.91 Å². The van der Waals surface area contributed by atoms with Crippen molar-refractivity contribution in [1.29, 1.82) is 0 Å². The van der Waals surface area contributed by atoms with Crippen LogP contribution in [-0.2, 0) is 17.4 Å². The Morgan fingerprint density at radius 1 is 0.912 bits per heavy atom. The van der Waals surface area contributed by atoms with Gasteiger partial charge in [-0.3, -0.25) is 4.79 Å². The van der Waals surface area contributed by atoms with Crippen molar-refractivity contribution in [3.05, 3.63) is 101 Å². The summed E-state index contributed by atoms with van der Waals surface area (Å²) in [5, 5.41) is 3.06. The number of ether oxygens (including phenoxy) is 1. The molecule has 0 radical (unpaired) electrons. The number of benzene rings is 3. The number of hydrogen-bond acceptors (Lipinski definition) is 2. The van der Waals surface area contributed by atoms with E-state index in [2.05, 4.69) is 29.6 Å². The van der Waals surface area contributed by atoms with Gasteiger partial charge in [-0.15, -0.1) is 0 Å². The molecule has 6 heteroatoms. The summed E-state index contributed by atoms with van der Waals surface area (Å²) in [6, 6.07) is 22.5. The van der Waals surface area contributed by atoms with Crippen molar-refractivity contribution in [2.75, 3.05) is 0 Å². The third kappa shape index (κ3) is 6.62. The number of carbonyl (C=O) groups excluding carboxylic acids is 1. The first-order chi connectivity index (χ1) is 16.0. The lowest BCUT2D eigenvalue weighted by atomic mass is 9.86. The standard InChI is InChI=1S/C28H30F3NO2/c1-19-10-12-21(13-11-19)18-25(22-8-6-5-7-9-22)20(2)32-26(33)27(3,4)34-24-16-14-23(15-17-24)28(29,30)31/h5-17,20,25H,18H2,1-4H3,(H,32,33). The number of halogens is 3. The molecule has 3 rings (SSSR count). The lowest BCUT2D eigenvalue weighted by Crippen LogP contribution is -2.51. The van der Waals surface area contributed by atoms with Crippen LogP contribution in [0.4, 0.5) is 13.2 Å². The maximum Gasteiger partial charge on any atom is 0.416 e. The second-order valence-electron chi connectivity index (χ2n) is 9.10. The van der Waals surface area contributed by atoms with E-state index < -0.39 is 17.3 Å². The number of carbonyl (C=O) groups is 1. The molecule has 2 atom stereocenters. The molecule has 3 aromatic carbocycles. The van der Waals surface area contributed by atoms with Crippen molar-refractivity contribution >= 4 is 5.91 Å². The minimum atomic E-state index is -4.43. The van der Waals surface area contributed by atoms with Crippen LogP contribution in [0.2, 0.25) is 0 Å². The maximum absolute atomic E-state index is 13.1. The highest BCUT2D eigenvalue weighted by Gasteiger charge is 2.34. The highest BCUT2D eigenvalue weighted by molar-refractivity contribution is 5.85. The summed E-state index contributed by atoms with van der Waals surface area (Å²) in [5.74, 6) is -0.125. The van der Waals surface area contributed by atoms with Gasteiger partial charge < -0.3 is 10.1 Å². The van der Waals surface area contributed by atoms with Gasteiger partial charge in [-0.2, -0.15) is 13.2 Å². The summed E-state index contributed by atoms with van der Waals surface area (Å²) >= 11 is 0. The Labute approximate surface area is 199 Å². The summed E-state index contributed by atoms with van der Waals surface area (Å²) < 4.78 is 44.2. The molecule has 1 N–H and O–H groups in total. The lowest BCUT2D eigenvalue weighted by Gasteiger charge is -2.31. The zero-order valence-electron chi connectivity index (χ0n) is 19.8. The van der Waals surface area contributed by atoms with Gasteiger partial charge in [0.1, 0.15) is 5.75 Å². The van der Waals surface area contributed by atoms with Crippen LogP contribution in [0.3, 0.4) is 0 Å². The quantitative estimate of drug-likeness (QED) is 0.399. The van der Waals surface area contributed by atoms with E-state index in [1.807, 2.05) is 44.2 Å². The molecule has 3 nitrogen and oxygen atoms in total. The van der Waals surface area contributed by atoms with Crippen LogP contribution in [0, 0.1) is 6.92 Å². The number of alkyl halides is 3. The third-order valence-corrected chi connectivity index (χ3v) is 5.87. The fourth-order valence-corrected chi connectivity index (χ4v) is 3.80. The minimum Gasteiger partial charge on any atom is -0.478 e. The molecule has 0 aliphatic rings. The van der Waals surface area contributed by atoms with Crippen molar-refractivity contribution in [1.82, 2.24) is 5.32 Å². The molecule has 0 aliphatic heterocycles. The largest absolute Gasteiger partial charge is 0.478 e. The highest BCUT2D eigenvalue weighted by Crippen LogP contribution is 2.31. The maximum atomic E-state index is 13.1. The molecule has 0 saturated heterocycles. The van der Waals surface area contributed by atoms with Crippen LogP contribution in [-0.4, -0.2) is 17.6 Å². The van der Waals surface area contributed by atoms with Gasteiger partial charge in [-0.05, 0) is 69.5 Å². The van der Waals surface area contributed by atoms with E-state index in [1.54, 1.807) is 13.8 Å². The Kier molecular flexibility index (Phi) is 7.70. The average molecular weight is 470 g/mol. The lowest BCUT2D eigenvalue weighted by molar-refractivity contribution is -0.138. The molecular formula is C28H30F3NO2. The van der Waals surface area contributed by atoms with Crippen LogP contribution in [0.15, 0.2) is 78.9 Å². The second-order valence-corrected chi connectivity index (χ2v) is 9.10. The molecule has 0 bridgehead atoms. The van der Waals surface area contributed by atoms with E-state index in [9.17, 15) is 18.0 Å². The molecule has 0 saturated carbocycles. The van der Waals surface area contributed by atoms with Crippen molar-refractivity contribution in [2.45, 2.75) is 57.9 Å². The molecule has 34 heavy (non-hydrogen) atoms. The topological polar surface area (TPSA) is 38.3 Å². The Bertz CT molecular complexity index is 1080. The normalized spacial score (nSPS) is 13.7. The molecule has 0 aromatic heterocycles. The van der Waals surface area contributed by atoms with E-state index in [4.69, 9.17) is 4.74 Å². The molecule has 0 spiro atoms. The van der Waals surface area contributed by atoms with E-state index >= 15 is 0 Å². The fraction of sp³-hybridized carbons (Fsp3) is 0.321. The zero-order chi connectivity index (χ0) is 24.9. The minimum absolute atomic E-state index is 0.0229. The Hall–Kier alpha value is -3.28. The van der Waals surface area contributed by atoms with Crippen molar-refractivity contribution in [3.63, 3.8) is 0 Å². The number of rotatable bonds is 8. The highest BCUT2D eigenvalue weighted by atomic mass is 19.4. The van der Waals surface area contributed by atoms with Crippen molar-refractivity contribution < 1.29 is 22.7 Å². The predicted molar refractivity (Wildman–Crippen MR) is 128 cm³/mol. The fourth-order valence-electron chi connectivity index (χ4n) is 3.80. The van der Waals surface area contributed by atoms with Gasteiger partial charge in [-0.25, -0.2) is 0 Å². The molecule has 0 heterocycles.